The second-order valence-corrected chi connectivity index (χ2v) is 4.53. The monoisotopic (exact) mass is 250 g/mol. The van der Waals surface area contributed by atoms with E-state index < -0.39 is 5.54 Å². The maximum absolute atomic E-state index is 12.2. The second kappa shape index (κ2) is 6.52. The molecular formula is C14H22N2O2. The molecule has 0 bridgehead atoms. The van der Waals surface area contributed by atoms with E-state index >= 15 is 0 Å². The van der Waals surface area contributed by atoms with Crippen molar-refractivity contribution in [1.82, 2.24) is 10.2 Å². The minimum absolute atomic E-state index is 0.260. The molecule has 0 fully saturated rings. The standard InChI is InChI=1S/C14H22N2O2/c1-5-15-14(11-16(2)3,13(17)18-4)12-9-7-6-8-10-12/h6-10,15H,5,11H2,1-4H3. The normalized spacial score (nSPS) is 14.3. The Hall–Kier alpha value is -1.39. The number of nitrogens with zero attached hydrogens (tertiary/aromatic N) is 1. The Morgan fingerprint density at radius 1 is 1.33 bits per heavy atom. The molecule has 100 valence electrons. The first kappa shape index (κ1) is 14.7. The van der Waals surface area contributed by atoms with Gasteiger partial charge in [0.25, 0.3) is 0 Å². The molecule has 0 aromatic heterocycles. The summed E-state index contributed by atoms with van der Waals surface area (Å²) in [5.74, 6) is -0.260. The average Bonchev–Trinajstić information content (AvgIpc) is 2.37. The van der Waals surface area contributed by atoms with Gasteiger partial charge in [0.05, 0.1) is 7.11 Å². The number of ether oxygens (including phenoxy) is 1. The van der Waals surface area contributed by atoms with Crippen LogP contribution in [0.2, 0.25) is 0 Å². The Morgan fingerprint density at radius 3 is 2.39 bits per heavy atom. The van der Waals surface area contributed by atoms with Gasteiger partial charge in [0.2, 0.25) is 0 Å². The van der Waals surface area contributed by atoms with Crippen molar-refractivity contribution in [1.29, 1.82) is 0 Å². The molecule has 1 aromatic carbocycles. The first-order chi connectivity index (χ1) is 8.56. The summed E-state index contributed by atoms with van der Waals surface area (Å²) in [6.45, 7) is 3.23. The highest BCUT2D eigenvalue weighted by molar-refractivity contribution is 5.83. The first-order valence-electron chi connectivity index (χ1n) is 6.10. The highest BCUT2D eigenvalue weighted by atomic mass is 16.5. The summed E-state index contributed by atoms with van der Waals surface area (Å²) in [6, 6.07) is 9.69. The number of hydrogen-bond acceptors (Lipinski definition) is 4. The van der Waals surface area contributed by atoms with E-state index in [2.05, 4.69) is 5.32 Å². The molecule has 4 heteroatoms. The molecule has 0 saturated heterocycles. The molecule has 0 amide bonds. The van der Waals surface area contributed by atoms with Gasteiger partial charge in [0, 0.05) is 6.54 Å². The highest BCUT2D eigenvalue weighted by Crippen LogP contribution is 2.23. The van der Waals surface area contributed by atoms with Gasteiger partial charge in [-0.05, 0) is 26.2 Å². The van der Waals surface area contributed by atoms with Crippen LogP contribution in [0.15, 0.2) is 30.3 Å². The minimum atomic E-state index is -0.811. The first-order valence-corrected chi connectivity index (χ1v) is 6.10. The number of benzene rings is 1. The van der Waals surface area contributed by atoms with Gasteiger partial charge in [-0.25, -0.2) is 4.79 Å². The van der Waals surface area contributed by atoms with Crippen LogP contribution in [0.5, 0.6) is 0 Å². The Kier molecular flexibility index (Phi) is 5.31. The van der Waals surface area contributed by atoms with Crippen LogP contribution >= 0.6 is 0 Å². The van der Waals surface area contributed by atoms with Crippen LogP contribution in [0, 0.1) is 0 Å². The van der Waals surface area contributed by atoms with Crippen molar-refractivity contribution in [3.05, 3.63) is 35.9 Å². The third-order valence-electron chi connectivity index (χ3n) is 2.83. The Bertz CT molecular complexity index is 379. The number of likely N-dealkylation sites (N-methyl/N-ethyl adjacent to an activating group) is 2. The molecule has 18 heavy (non-hydrogen) atoms. The van der Waals surface area contributed by atoms with E-state index in [0.717, 1.165) is 5.56 Å². The van der Waals surface area contributed by atoms with Gasteiger partial charge in [-0.2, -0.15) is 0 Å². The molecule has 0 aliphatic carbocycles. The van der Waals surface area contributed by atoms with E-state index in [4.69, 9.17) is 4.74 Å². The van der Waals surface area contributed by atoms with Crippen molar-refractivity contribution in [2.75, 3.05) is 34.3 Å². The summed E-state index contributed by atoms with van der Waals surface area (Å²) in [6.07, 6.45) is 0. The largest absolute Gasteiger partial charge is 0.467 e. The molecule has 0 aliphatic rings. The average molecular weight is 250 g/mol. The maximum Gasteiger partial charge on any atom is 0.332 e. The molecule has 1 aromatic rings. The SMILES string of the molecule is CCNC(CN(C)C)(C(=O)OC)c1ccccc1. The van der Waals surface area contributed by atoms with Gasteiger partial charge >= 0.3 is 5.97 Å². The quantitative estimate of drug-likeness (QED) is 0.771. The van der Waals surface area contributed by atoms with Gasteiger partial charge in [0.15, 0.2) is 5.54 Å². The van der Waals surface area contributed by atoms with Crippen molar-refractivity contribution in [2.45, 2.75) is 12.5 Å². The van der Waals surface area contributed by atoms with Crippen molar-refractivity contribution in [3.8, 4) is 0 Å². The predicted molar refractivity (Wildman–Crippen MR) is 72.4 cm³/mol. The van der Waals surface area contributed by atoms with Crippen LogP contribution in [0.4, 0.5) is 0 Å². The lowest BCUT2D eigenvalue weighted by atomic mass is 9.89. The molecule has 1 rings (SSSR count). The zero-order valence-corrected chi connectivity index (χ0v) is 11.6. The van der Waals surface area contributed by atoms with E-state index in [0.29, 0.717) is 13.1 Å². The van der Waals surface area contributed by atoms with Crippen LogP contribution < -0.4 is 5.32 Å². The van der Waals surface area contributed by atoms with Crippen molar-refractivity contribution in [3.63, 3.8) is 0 Å². The molecule has 0 saturated carbocycles. The van der Waals surface area contributed by atoms with Gasteiger partial charge in [-0.15, -0.1) is 0 Å². The van der Waals surface area contributed by atoms with Gasteiger partial charge in [-0.3, -0.25) is 5.32 Å². The number of hydrogen-bond donors (Lipinski definition) is 1. The van der Waals surface area contributed by atoms with E-state index in [1.165, 1.54) is 7.11 Å². The minimum Gasteiger partial charge on any atom is -0.467 e. The number of methoxy groups -OCH3 is 1. The predicted octanol–water partition coefficient (Wildman–Crippen LogP) is 1.23. The Morgan fingerprint density at radius 2 is 1.94 bits per heavy atom. The van der Waals surface area contributed by atoms with Gasteiger partial charge in [0.1, 0.15) is 0 Å². The van der Waals surface area contributed by atoms with E-state index in [1.807, 2.05) is 56.3 Å². The molecule has 0 heterocycles. The Balaban J connectivity index is 3.23. The van der Waals surface area contributed by atoms with Crippen LogP contribution in [-0.4, -0.2) is 45.2 Å². The van der Waals surface area contributed by atoms with Crippen LogP contribution in [0.3, 0.4) is 0 Å². The molecule has 1 N–H and O–H groups in total. The topological polar surface area (TPSA) is 41.6 Å². The zero-order chi connectivity index (χ0) is 13.6. The molecular weight excluding hydrogens is 228 g/mol. The highest BCUT2D eigenvalue weighted by Gasteiger charge is 2.41. The molecule has 4 nitrogen and oxygen atoms in total. The third-order valence-corrected chi connectivity index (χ3v) is 2.83. The summed E-state index contributed by atoms with van der Waals surface area (Å²) in [5, 5.41) is 3.28. The number of nitrogens with one attached hydrogen (secondary N) is 1. The van der Waals surface area contributed by atoms with E-state index in [1.54, 1.807) is 0 Å². The zero-order valence-electron chi connectivity index (χ0n) is 11.6. The molecule has 0 radical (unpaired) electrons. The van der Waals surface area contributed by atoms with Gasteiger partial charge in [-0.1, -0.05) is 37.3 Å². The lowest BCUT2D eigenvalue weighted by Crippen LogP contribution is -2.55. The lowest BCUT2D eigenvalue weighted by Gasteiger charge is -2.34. The van der Waals surface area contributed by atoms with Crippen molar-refractivity contribution in [2.24, 2.45) is 0 Å². The summed E-state index contributed by atoms with van der Waals surface area (Å²) < 4.78 is 5.00. The number of carbonyl (C=O) groups excluding carboxylic acids is 1. The summed E-state index contributed by atoms with van der Waals surface area (Å²) in [7, 11) is 5.31. The molecule has 1 atom stereocenters. The summed E-state index contributed by atoms with van der Waals surface area (Å²) in [5.41, 5.74) is 0.112. The van der Waals surface area contributed by atoms with Crippen LogP contribution in [-0.2, 0) is 15.1 Å². The third kappa shape index (κ3) is 3.09. The maximum atomic E-state index is 12.2. The number of esters is 1. The number of rotatable bonds is 6. The fourth-order valence-corrected chi connectivity index (χ4v) is 2.18. The van der Waals surface area contributed by atoms with Crippen molar-refractivity contribution >= 4 is 5.97 Å². The van der Waals surface area contributed by atoms with Crippen molar-refractivity contribution < 1.29 is 9.53 Å². The van der Waals surface area contributed by atoms with Crippen LogP contribution in [0.1, 0.15) is 12.5 Å². The summed E-state index contributed by atoms with van der Waals surface area (Å²) in [4.78, 5) is 14.2. The molecule has 0 spiro atoms. The van der Waals surface area contributed by atoms with E-state index in [9.17, 15) is 4.79 Å². The Labute approximate surface area is 109 Å². The number of carbonyl (C=O) groups is 1. The molecule has 1 unspecified atom stereocenters. The van der Waals surface area contributed by atoms with E-state index in [-0.39, 0.29) is 5.97 Å². The smallest absolute Gasteiger partial charge is 0.332 e. The summed E-state index contributed by atoms with van der Waals surface area (Å²) >= 11 is 0. The fraction of sp³-hybridized carbons (Fsp3) is 0.500. The molecule has 0 aliphatic heterocycles. The fourth-order valence-electron chi connectivity index (χ4n) is 2.18. The second-order valence-electron chi connectivity index (χ2n) is 4.53. The van der Waals surface area contributed by atoms with Crippen LogP contribution in [0.25, 0.3) is 0 Å². The lowest BCUT2D eigenvalue weighted by molar-refractivity contribution is -0.150. The van der Waals surface area contributed by atoms with Gasteiger partial charge < -0.3 is 9.64 Å².